The van der Waals surface area contributed by atoms with Crippen LogP contribution in [0.15, 0.2) is 30.3 Å². The first-order chi connectivity index (χ1) is 9.17. The maximum atomic E-state index is 11.6. The first-order valence-electron chi connectivity index (χ1n) is 5.77. The summed E-state index contributed by atoms with van der Waals surface area (Å²) in [5, 5.41) is 14.0. The van der Waals surface area contributed by atoms with Crippen molar-refractivity contribution in [3.8, 4) is 11.6 Å². The van der Waals surface area contributed by atoms with Crippen molar-refractivity contribution in [2.45, 2.75) is 11.4 Å². The maximum Gasteiger partial charge on any atom is 0.358 e. The van der Waals surface area contributed by atoms with Gasteiger partial charge in [-0.2, -0.15) is 5.10 Å². The third-order valence-corrected chi connectivity index (χ3v) is 3.36. The number of carbonyl (C=O) groups excluding carboxylic acids is 1. The predicted molar refractivity (Wildman–Crippen MR) is 78.9 cm³/mol. The van der Waals surface area contributed by atoms with Gasteiger partial charge in [0.2, 0.25) is 5.88 Å². The fourth-order valence-electron chi connectivity index (χ4n) is 1.68. The zero-order valence-corrected chi connectivity index (χ0v) is 12.5. The highest BCUT2D eigenvalue weighted by atomic mass is 127. The van der Waals surface area contributed by atoms with Gasteiger partial charge in [-0.15, -0.1) is 0 Å². The Morgan fingerprint density at radius 1 is 1.47 bits per heavy atom. The molecule has 0 amide bonds. The number of aromatic nitrogens is 2. The molecule has 100 valence electrons. The van der Waals surface area contributed by atoms with Gasteiger partial charge in [0.05, 0.1) is 12.3 Å². The lowest BCUT2D eigenvalue weighted by Crippen LogP contribution is -2.07. The standard InChI is InChI=1S/C13H13IN2O3/c1-2-19-13(18)10-7-12(17)16(15-10)11-6-4-3-5-9(11)8-14/h3-7,17H,2,8H2,1H3. The molecule has 1 aromatic heterocycles. The third-order valence-electron chi connectivity index (χ3n) is 2.54. The fourth-order valence-corrected chi connectivity index (χ4v) is 2.33. The van der Waals surface area contributed by atoms with Gasteiger partial charge in [0.1, 0.15) is 0 Å². The van der Waals surface area contributed by atoms with Crippen LogP contribution in [0, 0.1) is 0 Å². The SMILES string of the molecule is CCOC(=O)c1cc(O)n(-c2ccccc2CI)n1. The van der Waals surface area contributed by atoms with E-state index in [1.165, 1.54) is 10.7 Å². The van der Waals surface area contributed by atoms with Gasteiger partial charge >= 0.3 is 5.97 Å². The highest BCUT2D eigenvalue weighted by molar-refractivity contribution is 14.1. The first-order valence-corrected chi connectivity index (χ1v) is 7.30. The monoisotopic (exact) mass is 372 g/mol. The van der Waals surface area contributed by atoms with Crippen LogP contribution in [-0.4, -0.2) is 27.5 Å². The average molecular weight is 372 g/mol. The molecule has 0 radical (unpaired) electrons. The quantitative estimate of drug-likeness (QED) is 0.509. The molecule has 0 spiro atoms. The van der Waals surface area contributed by atoms with E-state index in [4.69, 9.17) is 4.74 Å². The Kier molecular flexibility index (Phi) is 4.41. The van der Waals surface area contributed by atoms with Gasteiger partial charge < -0.3 is 9.84 Å². The summed E-state index contributed by atoms with van der Waals surface area (Å²) in [5.74, 6) is -0.621. The van der Waals surface area contributed by atoms with E-state index in [2.05, 4.69) is 27.7 Å². The van der Waals surface area contributed by atoms with Crippen molar-refractivity contribution < 1.29 is 14.6 Å². The largest absolute Gasteiger partial charge is 0.493 e. The summed E-state index contributed by atoms with van der Waals surface area (Å²) in [6.07, 6.45) is 0. The van der Waals surface area contributed by atoms with E-state index in [1.54, 1.807) is 6.92 Å². The Labute approximate surface area is 124 Å². The Hall–Kier alpha value is -1.57. The normalized spacial score (nSPS) is 10.4. The Morgan fingerprint density at radius 2 is 2.21 bits per heavy atom. The molecule has 1 N–H and O–H groups in total. The highest BCUT2D eigenvalue weighted by Crippen LogP contribution is 2.23. The van der Waals surface area contributed by atoms with Gasteiger partial charge in [-0.25, -0.2) is 9.48 Å². The molecule has 2 aromatic rings. The third kappa shape index (κ3) is 2.89. The number of halogens is 1. The van der Waals surface area contributed by atoms with Crippen molar-refractivity contribution >= 4 is 28.6 Å². The molecule has 0 fully saturated rings. The van der Waals surface area contributed by atoms with Crippen LogP contribution in [0.25, 0.3) is 5.69 Å². The second kappa shape index (κ2) is 6.05. The van der Waals surface area contributed by atoms with Gasteiger partial charge in [0, 0.05) is 10.5 Å². The number of hydrogen-bond acceptors (Lipinski definition) is 4. The zero-order chi connectivity index (χ0) is 13.8. The number of nitrogens with zero attached hydrogens (tertiary/aromatic N) is 2. The lowest BCUT2D eigenvalue weighted by atomic mass is 10.2. The molecule has 1 heterocycles. The Balaban J connectivity index is 2.43. The van der Waals surface area contributed by atoms with Gasteiger partial charge in [0.25, 0.3) is 0 Å². The van der Waals surface area contributed by atoms with Crippen molar-refractivity contribution in [2.75, 3.05) is 6.61 Å². The number of aromatic hydroxyl groups is 1. The number of rotatable bonds is 4. The summed E-state index contributed by atoms with van der Waals surface area (Å²) >= 11 is 2.24. The molecule has 0 bridgehead atoms. The molecule has 0 saturated carbocycles. The summed E-state index contributed by atoms with van der Waals surface area (Å²) in [7, 11) is 0. The van der Waals surface area contributed by atoms with Gasteiger partial charge in [-0.3, -0.25) is 0 Å². The summed E-state index contributed by atoms with van der Waals surface area (Å²) in [4.78, 5) is 11.6. The number of alkyl halides is 1. The van der Waals surface area contributed by atoms with Crippen LogP contribution in [0.1, 0.15) is 23.0 Å². The van der Waals surface area contributed by atoms with Crippen LogP contribution in [0.2, 0.25) is 0 Å². The topological polar surface area (TPSA) is 64.3 Å². The molecule has 0 aliphatic rings. The number of para-hydroxylation sites is 1. The molecule has 0 aliphatic carbocycles. The average Bonchev–Trinajstić information content (AvgIpc) is 2.81. The molecule has 6 heteroatoms. The summed E-state index contributed by atoms with van der Waals surface area (Å²) in [5.41, 5.74) is 1.88. The minimum absolute atomic E-state index is 0.0830. The van der Waals surface area contributed by atoms with Gasteiger partial charge in [0.15, 0.2) is 5.69 Å². The van der Waals surface area contributed by atoms with Crippen molar-refractivity contribution in [3.63, 3.8) is 0 Å². The van der Waals surface area contributed by atoms with E-state index in [-0.39, 0.29) is 18.2 Å². The number of hydrogen-bond donors (Lipinski definition) is 1. The summed E-state index contributed by atoms with van der Waals surface area (Å²) in [6.45, 7) is 2.00. The van der Waals surface area contributed by atoms with Crippen LogP contribution in [0.4, 0.5) is 0 Å². The lowest BCUT2D eigenvalue weighted by molar-refractivity contribution is 0.0519. The number of benzene rings is 1. The van der Waals surface area contributed by atoms with Crippen LogP contribution < -0.4 is 0 Å². The molecular formula is C13H13IN2O3. The molecule has 19 heavy (non-hydrogen) atoms. The second-order valence-electron chi connectivity index (χ2n) is 3.78. The molecular weight excluding hydrogens is 359 g/mol. The number of esters is 1. The lowest BCUT2D eigenvalue weighted by Gasteiger charge is -2.07. The first kappa shape index (κ1) is 13.9. The highest BCUT2D eigenvalue weighted by Gasteiger charge is 2.16. The van der Waals surface area contributed by atoms with E-state index in [0.29, 0.717) is 0 Å². The zero-order valence-electron chi connectivity index (χ0n) is 10.3. The van der Waals surface area contributed by atoms with E-state index < -0.39 is 5.97 Å². The molecule has 5 nitrogen and oxygen atoms in total. The van der Waals surface area contributed by atoms with Crippen LogP contribution >= 0.6 is 22.6 Å². The molecule has 2 rings (SSSR count). The Morgan fingerprint density at radius 3 is 2.89 bits per heavy atom. The fraction of sp³-hybridized carbons (Fsp3) is 0.231. The molecule has 0 aliphatic heterocycles. The van der Waals surface area contributed by atoms with Crippen molar-refractivity contribution in [2.24, 2.45) is 0 Å². The minimum atomic E-state index is -0.538. The van der Waals surface area contributed by atoms with E-state index in [9.17, 15) is 9.90 Å². The Bertz CT molecular complexity index is 595. The van der Waals surface area contributed by atoms with E-state index in [1.807, 2.05) is 24.3 Å². The number of ether oxygens (including phenoxy) is 1. The second-order valence-corrected chi connectivity index (χ2v) is 4.55. The van der Waals surface area contributed by atoms with Crippen molar-refractivity contribution in [1.82, 2.24) is 9.78 Å². The van der Waals surface area contributed by atoms with E-state index in [0.717, 1.165) is 15.7 Å². The molecule has 0 atom stereocenters. The number of carbonyl (C=O) groups is 1. The molecule has 0 unspecified atom stereocenters. The van der Waals surface area contributed by atoms with Gasteiger partial charge in [-0.1, -0.05) is 40.8 Å². The molecule has 1 aromatic carbocycles. The summed E-state index contributed by atoms with van der Waals surface area (Å²) in [6, 6.07) is 8.88. The maximum absolute atomic E-state index is 11.6. The summed E-state index contributed by atoms with van der Waals surface area (Å²) < 4.78 is 6.99. The van der Waals surface area contributed by atoms with Crippen molar-refractivity contribution in [3.05, 3.63) is 41.6 Å². The smallest absolute Gasteiger partial charge is 0.358 e. The minimum Gasteiger partial charge on any atom is -0.493 e. The van der Waals surface area contributed by atoms with Crippen LogP contribution in [0.5, 0.6) is 5.88 Å². The molecule has 0 saturated heterocycles. The van der Waals surface area contributed by atoms with Crippen molar-refractivity contribution in [1.29, 1.82) is 0 Å². The predicted octanol–water partition coefficient (Wildman–Crippen LogP) is 2.69. The van der Waals surface area contributed by atoms with Crippen LogP contribution in [-0.2, 0) is 9.16 Å². The van der Waals surface area contributed by atoms with Crippen LogP contribution in [0.3, 0.4) is 0 Å². The van der Waals surface area contributed by atoms with Gasteiger partial charge in [-0.05, 0) is 18.6 Å². The van der Waals surface area contributed by atoms with E-state index >= 15 is 0 Å².